The van der Waals surface area contributed by atoms with Gasteiger partial charge in [-0.15, -0.1) is 0 Å². The van der Waals surface area contributed by atoms with Crippen LogP contribution in [-0.4, -0.2) is 41.5 Å². The van der Waals surface area contributed by atoms with Crippen molar-refractivity contribution in [1.29, 1.82) is 0 Å². The lowest BCUT2D eigenvalue weighted by Gasteiger charge is -2.19. The van der Waals surface area contributed by atoms with Gasteiger partial charge in [-0.25, -0.2) is 4.98 Å². The zero-order valence-corrected chi connectivity index (χ0v) is 12.4. The molecule has 1 atom stereocenters. The summed E-state index contributed by atoms with van der Waals surface area (Å²) in [5, 5.41) is 0.576. The van der Waals surface area contributed by atoms with Crippen LogP contribution in [0.5, 0.6) is 0 Å². The van der Waals surface area contributed by atoms with Gasteiger partial charge in [0.05, 0.1) is 30.5 Å². The van der Waals surface area contributed by atoms with Crippen LogP contribution in [0.1, 0.15) is 12.7 Å². The van der Waals surface area contributed by atoms with Crippen LogP contribution in [0.2, 0.25) is 0 Å². The Bertz CT molecular complexity index is 696. The molecule has 0 aliphatic rings. The molecule has 0 saturated carbocycles. The fourth-order valence-corrected chi connectivity index (χ4v) is 2.27. The molecule has 1 N–H and O–H groups in total. The van der Waals surface area contributed by atoms with Crippen LogP contribution < -0.4 is 5.56 Å². The minimum atomic E-state index is -0.248. The molecule has 0 spiro atoms. The van der Waals surface area contributed by atoms with Crippen molar-refractivity contribution in [3.05, 3.63) is 40.4 Å². The summed E-state index contributed by atoms with van der Waals surface area (Å²) in [6.45, 7) is 2.80. The molecule has 0 aliphatic carbocycles. The predicted molar refractivity (Wildman–Crippen MR) is 79.9 cm³/mol. The first-order valence-corrected chi connectivity index (χ1v) is 6.75. The van der Waals surface area contributed by atoms with E-state index in [1.807, 2.05) is 30.1 Å². The Labute approximate surface area is 122 Å². The third-order valence-electron chi connectivity index (χ3n) is 3.27. The minimum Gasteiger partial charge on any atom is -0.469 e. The van der Waals surface area contributed by atoms with E-state index in [4.69, 9.17) is 4.74 Å². The molecule has 21 heavy (non-hydrogen) atoms. The molecule has 0 bridgehead atoms. The van der Waals surface area contributed by atoms with Crippen LogP contribution >= 0.6 is 0 Å². The normalized spacial score (nSPS) is 12.6. The van der Waals surface area contributed by atoms with Crippen LogP contribution in [0, 0.1) is 5.92 Å². The van der Waals surface area contributed by atoms with Crippen LogP contribution in [0.4, 0.5) is 0 Å². The Balaban J connectivity index is 2.13. The van der Waals surface area contributed by atoms with Gasteiger partial charge in [0.2, 0.25) is 0 Å². The molecular weight excluding hydrogens is 270 g/mol. The number of rotatable bonds is 5. The van der Waals surface area contributed by atoms with Crippen LogP contribution in [0.25, 0.3) is 10.9 Å². The number of para-hydroxylation sites is 1. The van der Waals surface area contributed by atoms with Gasteiger partial charge >= 0.3 is 5.97 Å². The molecule has 0 fully saturated rings. The molecular formula is C15H19N3O3. The molecule has 0 aliphatic heterocycles. The van der Waals surface area contributed by atoms with Crippen LogP contribution in [0.3, 0.4) is 0 Å². The fourth-order valence-electron chi connectivity index (χ4n) is 2.27. The number of fused-ring (bicyclic) bond motifs is 1. The van der Waals surface area contributed by atoms with E-state index in [-0.39, 0.29) is 17.4 Å². The molecule has 1 aromatic heterocycles. The third kappa shape index (κ3) is 3.66. The van der Waals surface area contributed by atoms with Crippen LogP contribution in [-0.2, 0) is 16.1 Å². The average Bonchev–Trinajstić information content (AvgIpc) is 2.46. The van der Waals surface area contributed by atoms with Crippen LogP contribution in [0.15, 0.2) is 29.1 Å². The summed E-state index contributed by atoms with van der Waals surface area (Å²) >= 11 is 0. The van der Waals surface area contributed by atoms with Crippen molar-refractivity contribution in [1.82, 2.24) is 14.9 Å². The fraction of sp³-hybridized carbons (Fsp3) is 0.400. The lowest BCUT2D eigenvalue weighted by Crippen LogP contribution is -2.30. The summed E-state index contributed by atoms with van der Waals surface area (Å²) in [4.78, 5) is 32.5. The number of H-pyrrole nitrogens is 1. The topological polar surface area (TPSA) is 75.3 Å². The van der Waals surface area contributed by atoms with E-state index in [1.54, 1.807) is 13.0 Å². The van der Waals surface area contributed by atoms with Gasteiger partial charge in [0.25, 0.3) is 5.56 Å². The summed E-state index contributed by atoms with van der Waals surface area (Å²) < 4.78 is 4.70. The number of carbonyl (C=O) groups excluding carboxylic acids is 1. The number of nitrogens with one attached hydrogen (secondary N) is 1. The number of ether oxygens (including phenoxy) is 1. The van der Waals surface area contributed by atoms with Crippen molar-refractivity contribution in [2.45, 2.75) is 13.5 Å². The highest BCUT2D eigenvalue weighted by atomic mass is 16.5. The van der Waals surface area contributed by atoms with E-state index >= 15 is 0 Å². The number of hydrogen-bond acceptors (Lipinski definition) is 5. The number of carbonyl (C=O) groups is 1. The van der Waals surface area contributed by atoms with Crippen molar-refractivity contribution < 1.29 is 9.53 Å². The zero-order chi connectivity index (χ0) is 15.4. The van der Waals surface area contributed by atoms with Gasteiger partial charge in [0, 0.05) is 6.54 Å². The summed E-state index contributed by atoms with van der Waals surface area (Å²) in [6.07, 6.45) is 0. The second-order valence-corrected chi connectivity index (χ2v) is 5.15. The lowest BCUT2D eigenvalue weighted by molar-refractivity contribution is -0.145. The van der Waals surface area contributed by atoms with Crippen molar-refractivity contribution in [2.24, 2.45) is 5.92 Å². The van der Waals surface area contributed by atoms with Gasteiger partial charge in [-0.05, 0) is 19.2 Å². The number of aromatic nitrogens is 2. The van der Waals surface area contributed by atoms with Crippen molar-refractivity contribution in [3.63, 3.8) is 0 Å². The van der Waals surface area contributed by atoms with Gasteiger partial charge < -0.3 is 9.72 Å². The first-order chi connectivity index (χ1) is 10.0. The van der Waals surface area contributed by atoms with E-state index in [0.717, 1.165) is 0 Å². The molecule has 0 saturated heterocycles. The quantitative estimate of drug-likeness (QED) is 0.836. The van der Waals surface area contributed by atoms with E-state index < -0.39 is 0 Å². The molecule has 6 heteroatoms. The molecule has 0 amide bonds. The Morgan fingerprint density at radius 2 is 2.14 bits per heavy atom. The second kappa shape index (κ2) is 6.49. The Kier molecular flexibility index (Phi) is 4.70. The standard InChI is InChI=1S/C15H19N3O3/c1-10(15(20)21-3)8-18(2)9-13-16-12-7-5-4-6-11(12)14(19)17-13/h4-7,10H,8-9H2,1-3H3,(H,16,17,19). The highest BCUT2D eigenvalue weighted by Gasteiger charge is 2.16. The highest BCUT2D eigenvalue weighted by molar-refractivity contribution is 5.77. The van der Waals surface area contributed by atoms with E-state index in [9.17, 15) is 9.59 Å². The lowest BCUT2D eigenvalue weighted by atomic mass is 10.2. The largest absolute Gasteiger partial charge is 0.469 e. The first kappa shape index (κ1) is 15.2. The molecule has 6 nitrogen and oxygen atoms in total. The molecule has 1 aromatic carbocycles. The van der Waals surface area contributed by atoms with Gasteiger partial charge in [0.15, 0.2) is 0 Å². The van der Waals surface area contributed by atoms with E-state index in [0.29, 0.717) is 29.8 Å². The summed E-state index contributed by atoms with van der Waals surface area (Å²) in [5.74, 6) is 0.104. The smallest absolute Gasteiger partial charge is 0.309 e. The summed E-state index contributed by atoms with van der Waals surface area (Å²) in [6, 6.07) is 7.21. The summed E-state index contributed by atoms with van der Waals surface area (Å²) in [5.41, 5.74) is 0.524. The average molecular weight is 289 g/mol. The third-order valence-corrected chi connectivity index (χ3v) is 3.27. The predicted octanol–water partition coefficient (Wildman–Crippen LogP) is 1.16. The number of aromatic amines is 1. The second-order valence-electron chi connectivity index (χ2n) is 5.15. The molecule has 112 valence electrons. The number of nitrogens with zero attached hydrogens (tertiary/aromatic N) is 2. The van der Waals surface area contributed by atoms with Gasteiger partial charge in [-0.1, -0.05) is 19.1 Å². The minimum absolute atomic E-state index is 0.148. The number of benzene rings is 1. The first-order valence-electron chi connectivity index (χ1n) is 6.75. The maximum absolute atomic E-state index is 12.0. The molecule has 1 heterocycles. The van der Waals surface area contributed by atoms with Crippen molar-refractivity contribution in [3.8, 4) is 0 Å². The van der Waals surface area contributed by atoms with Crippen molar-refractivity contribution >= 4 is 16.9 Å². The zero-order valence-electron chi connectivity index (χ0n) is 12.4. The van der Waals surface area contributed by atoms with Gasteiger partial charge in [0.1, 0.15) is 5.82 Å². The van der Waals surface area contributed by atoms with Gasteiger partial charge in [-0.3, -0.25) is 14.5 Å². The van der Waals surface area contributed by atoms with Crippen molar-refractivity contribution in [2.75, 3.05) is 20.7 Å². The maximum Gasteiger partial charge on any atom is 0.309 e. The maximum atomic E-state index is 12.0. The monoisotopic (exact) mass is 289 g/mol. The number of esters is 1. The Morgan fingerprint density at radius 3 is 2.86 bits per heavy atom. The Morgan fingerprint density at radius 1 is 1.43 bits per heavy atom. The molecule has 1 unspecified atom stereocenters. The number of hydrogen-bond donors (Lipinski definition) is 1. The molecule has 2 rings (SSSR count). The van der Waals surface area contributed by atoms with E-state index in [1.165, 1.54) is 7.11 Å². The molecule has 2 aromatic rings. The SMILES string of the molecule is COC(=O)C(C)CN(C)Cc1nc2ccccc2c(=O)[nH]1. The summed E-state index contributed by atoms with van der Waals surface area (Å²) in [7, 11) is 3.25. The van der Waals surface area contributed by atoms with E-state index in [2.05, 4.69) is 9.97 Å². The van der Waals surface area contributed by atoms with Gasteiger partial charge in [-0.2, -0.15) is 0 Å². The molecule has 0 radical (unpaired) electrons. The number of methoxy groups -OCH3 is 1. The Hall–Kier alpha value is -2.21. The highest BCUT2D eigenvalue weighted by Crippen LogP contribution is 2.08.